The van der Waals surface area contributed by atoms with Gasteiger partial charge in [0.2, 0.25) is 0 Å². The lowest BCUT2D eigenvalue weighted by molar-refractivity contribution is 0.636. The fourth-order valence-corrected chi connectivity index (χ4v) is 2.07. The van der Waals surface area contributed by atoms with Crippen LogP contribution < -0.4 is 0 Å². The average molecular weight is 352 g/mol. The molecule has 0 unspecified atom stereocenters. The van der Waals surface area contributed by atoms with E-state index in [2.05, 4.69) is 43.5 Å². The summed E-state index contributed by atoms with van der Waals surface area (Å²) in [5.41, 5.74) is 0.420. The molecule has 0 saturated heterocycles. The van der Waals surface area contributed by atoms with Gasteiger partial charge in [0, 0.05) is 19.6 Å². The van der Waals surface area contributed by atoms with Crippen molar-refractivity contribution in [1.82, 2.24) is 4.98 Å². The molecule has 1 aromatic heterocycles. The van der Waals surface area contributed by atoms with E-state index in [1.807, 2.05) is 12.1 Å². The fourth-order valence-electron chi connectivity index (χ4n) is 1.14. The summed E-state index contributed by atoms with van der Waals surface area (Å²) >= 11 is 5.39. The predicted molar refractivity (Wildman–Crippen MR) is 62.1 cm³/mol. The maximum absolute atomic E-state index is 13.3. The minimum Gasteiger partial charge on any atom is -0.252 e. The Morgan fingerprint density at radius 1 is 1.31 bits per heavy atom. The summed E-state index contributed by atoms with van der Waals surface area (Å²) in [5.74, 6) is -0.291. The van der Waals surface area contributed by atoms with Crippen molar-refractivity contribution >= 4 is 49.4 Å². The number of benzene rings is 1. The van der Waals surface area contributed by atoms with E-state index < -0.39 is 0 Å². The molecule has 1 heterocycles. The zero-order chi connectivity index (χ0) is 9.42. The van der Waals surface area contributed by atoms with Crippen LogP contribution in [0.2, 0.25) is 0 Å². The van der Waals surface area contributed by atoms with Crippen LogP contribution in [0.5, 0.6) is 0 Å². The largest absolute Gasteiger partial charge is 0.252 e. The second-order valence-electron chi connectivity index (χ2n) is 2.61. The normalized spacial score (nSPS) is 10.7. The molecule has 0 aliphatic heterocycles. The molecule has 66 valence electrons. The highest BCUT2D eigenvalue weighted by atomic mass is 127. The first-order valence-corrected chi connectivity index (χ1v) is 5.44. The smallest absolute Gasteiger partial charge is 0.150 e. The summed E-state index contributed by atoms with van der Waals surface area (Å²) in [5, 5.41) is 0.818. The fraction of sp³-hybridized carbons (Fsp3) is 0. The van der Waals surface area contributed by atoms with E-state index in [9.17, 15) is 4.39 Å². The van der Waals surface area contributed by atoms with Crippen LogP contribution >= 0.6 is 38.5 Å². The molecular formula is C9H4BrFIN. The van der Waals surface area contributed by atoms with Crippen molar-refractivity contribution in [2.24, 2.45) is 0 Å². The van der Waals surface area contributed by atoms with E-state index in [0.717, 1.165) is 13.4 Å². The van der Waals surface area contributed by atoms with E-state index in [1.165, 1.54) is 6.07 Å². The van der Waals surface area contributed by atoms with Gasteiger partial charge >= 0.3 is 0 Å². The van der Waals surface area contributed by atoms with Gasteiger partial charge in [-0.05, 0) is 40.8 Å². The number of hydrogen-bond donors (Lipinski definition) is 0. The Balaban J connectivity index is 2.86. The third-order valence-corrected chi connectivity index (χ3v) is 2.72. The summed E-state index contributed by atoms with van der Waals surface area (Å²) in [6.45, 7) is 0. The molecule has 0 fully saturated rings. The van der Waals surface area contributed by atoms with Crippen LogP contribution in [0, 0.1) is 9.39 Å². The monoisotopic (exact) mass is 351 g/mol. The van der Waals surface area contributed by atoms with Crippen LogP contribution in [0.15, 0.2) is 28.9 Å². The number of halogens is 3. The zero-order valence-electron chi connectivity index (χ0n) is 6.39. The van der Waals surface area contributed by atoms with Gasteiger partial charge in [0.1, 0.15) is 5.52 Å². The number of nitrogens with zero attached hydrogens (tertiary/aromatic N) is 1. The molecule has 4 heteroatoms. The topological polar surface area (TPSA) is 12.9 Å². The molecule has 0 radical (unpaired) electrons. The summed E-state index contributed by atoms with van der Waals surface area (Å²) in [6.07, 6.45) is 1.65. The quantitative estimate of drug-likeness (QED) is 0.659. The first kappa shape index (κ1) is 9.33. The van der Waals surface area contributed by atoms with Gasteiger partial charge in [0.15, 0.2) is 5.82 Å². The minimum absolute atomic E-state index is 0.291. The lowest BCUT2D eigenvalue weighted by atomic mass is 10.2. The maximum atomic E-state index is 13.3. The summed E-state index contributed by atoms with van der Waals surface area (Å²) in [4.78, 5) is 4.02. The Morgan fingerprint density at radius 2 is 2.08 bits per heavy atom. The van der Waals surface area contributed by atoms with Gasteiger partial charge in [-0.1, -0.05) is 15.9 Å². The van der Waals surface area contributed by atoms with Crippen molar-refractivity contribution in [3.8, 4) is 0 Å². The second kappa shape index (κ2) is 3.49. The molecule has 1 nitrogen and oxygen atoms in total. The third-order valence-electron chi connectivity index (χ3n) is 1.67. The first-order chi connectivity index (χ1) is 6.16. The number of fused-ring (bicyclic) bond motifs is 1. The van der Waals surface area contributed by atoms with E-state index in [1.54, 1.807) is 6.20 Å². The Morgan fingerprint density at radius 3 is 2.85 bits per heavy atom. The van der Waals surface area contributed by atoms with Gasteiger partial charge in [-0.25, -0.2) is 4.39 Å². The van der Waals surface area contributed by atoms with Crippen LogP contribution in [-0.2, 0) is 0 Å². The average Bonchev–Trinajstić information content (AvgIpc) is 2.02. The molecule has 0 bridgehead atoms. The van der Waals surface area contributed by atoms with Crippen LogP contribution in [-0.4, -0.2) is 4.98 Å². The van der Waals surface area contributed by atoms with E-state index in [-0.39, 0.29) is 5.82 Å². The van der Waals surface area contributed by atoms with Gasteiger partial charge in [-0.3, -0.25) is 4.98 Å². The second-order valence-corrected chi connectivity index (χ2v) is 4.77. The van der Waals surface area contributed by atoms with Crippen LogP contribution in [0.3, 0.4) is 0 Å². The molecule has 0 spiro atoms. The van der Waals surface area contributed by atoms with E-state index >= 15 is 0 Å². The molecule has 0 aliphatic rings. The third kappa shape index (κ3) is 1.83. The molecule has 0 N–H and O–H groups in total. The van der Waals surface area contributed by atoms with Gasteiger partial charge < -0.3 is 0 Å². The van der Waals surface area contributed by atoms with Gasteiger partial charge in [-0.2, -0.15) is 0 Å². The summed E-state index contributed by atoms with van der Waals surface area (Å²) in [7, 11) is 0. The van der Waals surface area contributed by atoms with E-state index in [4.69, 9.17) is 0 Å². The zero-order valence-corrected chi connectivity index (χ0v) is 10.1. The van der Waals surface area contributed by atoms with Gasteiger partial charge in [-0.15, -0.1) is 0 Å². The van der Waals surface area contributed by atoms with Crippen LogP contribution in [0.25, 0.3) is 10.9 Å². The van der Waals surface area contributed by atoms with Crippen LogP contribution in [0.4, 0.5) is 4.39 Å². The highest BCUT2D eigenvalue weighted by molar-refractivity contribution is 14.1. The summed E-state index contributed by atoms with van der Waals surface area (Å²) in [6, 6.07) is 5.17. The standard InChI is InChI=1S/C9H4BrFIN/c10-6-1-5-2-7(12)4-13-9(5)8(11)3-6/h1-4H. The Labute approximate surface area is 96.6 Å². The highest BCUT2D eigenvalue weighted by Gasteiger charge is 2.03. The molecule has 0 saturated carbocycles. The Bertz CT molecular complexity index is 467. The molecular weight excluding hydrogens is 348 g/mol. The van der Waals surface area contributed by atoms with Crippen LogP contribution in [0.1, 0.15) is 0 Å². The highest BCUT2D eigenvalue weighted by Crippen LogP contribution is 2.22. The maximum Gasteiger partial charge on any atom is 0.150 e. The lowest BCUT2D eigenvalue weighted by Gasteiger charge is -1.99. The molecule has 2 rings (SSSR count). The number of aromatic nitrogens is 1. The number of pyridine rings is 1. The van der Waals surface area contributed by atoms with E-state index in [0.29, 0.717) is 5.52 Å². The summed E-state index contributed by atoms with van der Waals surface area (Å²) < 4.78 is 15.0. The van der Waals surface area contributed by atoms with Crippen molar-refractivity contribution < 1.29 is 4.39 Å². The first-order valence-electron chi connectivity index (χ1n) is 3.57. The molecule has 0 aliphatic carbocycles. The Hall–Kier alpha value is -0.230. The molecule has 0 amide bonds. The number of rotatable bonds is 0. The minimum atomic E-state index is -0.291. The van der Waals surface area contributed by atoms with Gasteiger partial charge in [0.05, 0.1) is 0 Å². The predicted octanol–water partition coefficient (Wildman–Crippen LogP) is 3.74. The molecule has 2 aromatic rings. The van der Waals surface area contributed by atoms with Crippen molar-refractivity contribution in [2.75, 3.05) is 0 Å². The molecule has 1 aromatic carbocycles. The molecule has 0 atom stereocenters. The Kier molecular flexibility index (Phi) is 2.51. The van der Waals surface area contributed by atoms with Gasteiger partial charge in [0.25, 0.3) is 0 Å². The van der Waals surface area contributed by atoms with Crippen molar-refractivity contribution in [2.45, 2.75) is 0 Å². The van der Waals surface area contributed by atoms with Crippen molar-refractivity contribution in [3.63, 3.8) is 0 Å². The van der Waals surface area contributed by atoms with Crippen molar-refractivity contribution in [1.29, 1.82) is 0 Å². The van der Waals surface area contributed by atoms with Crippen molar-refractivity contribution in [3.05, 3.63) is 38.3 Å². The molecule has 13 heavy (non-hydrogen) atoms. The number of hydrogen-bond acceptors (Lipinski definition) is 1. The lowest BCUT2D eigenvalue weighted by Crippen LogP contribution is -1.85. The SMILES string of the molecule is Fc1cc(Br)cc2cc(I)cnc12.